The fourth-order valence-corrected chi connectivity index (χ4v) is 2.44. The fourth-order valence-electron chi connectivity index (χ4n) is 2.44. The molecule has 0 aromatic heterocycles. The number of hydrogen-bond acceptors (Lipinski definition) is 6. The van der Waals surface area contributed by atoms with Crippen molar-refractivity contribution in [3.05, 3.63) is 63.2 Å². The van der Waals surface area contributed by atoms with Gasteiger partial charge in [0.05, 0.1) is 19.1 Å². The molecule has 2 aromatic rings. The number of ketones is 2. The highest BCUT2D eigenvalue weighted by atomic mass is 16.6. The first kappa shape index (κ1) is 18.1. The van der Waals surface area contributed by atoms with E-state index in [4.69, 9.17) is 9.47 Å². The van der Waals surface area contributed by atoms with Gasteiger partial charge in [-0.05, 0) is 36.8 Å². The van der Waals surface area contributed by atoms with Gasteiger partial charge in [-0.3, -0.25) is 19.7 Å². The minimum Gasteiger partial charge on any atom is -0.493 e. The maximum Gasteiger partial charge on any atom is 0.269 e. The number of nitrogens with zero attached hydrogens (tertiary/aromatic N) is 1. The van der Waals surface area contributed by atoms with Crippen molar-refractivity contribution in [2.75, 3.05) is 14.2 Å². The highest BCUT2D eigenvalue weighted by Crippen LogP contribution is 2.32. The topological polar surface area (TPSA) is 95.7 Å². The summed E-state index contributed by atoms with van der Waals surface area (Å²) in [6.07, 6.45) is 0.0639. The Labute approximate surface area is 144 Å². The summed E-state index contributed by atoms with van der Waals surface area (Å²) in [4.78, 5) is 34.6. The Morgan fingerprint density at radius 3 is 2.08 bits per heavy atom. The Morgan fingerprint density at radius 1 is 1.04 bits per heavy atom. The molecule has 0 N–H and O–H groups in total. The van der Waals surface area contributed by atoms with E-state index in [1.807, 2.05) is 0 Å². The lowest BCUT2D eigenvalue weighted by atomic mass is 9.94. The lowest BCUT2D eigenvalue weighted by molar-refractivity contribution is -0.384. The van der Waals surface area contributed by atoms with Crippen molar-refractivity contribution >= 4 is 17.3 Å². The van der Waals surface area contributed by atoms with Crippen molar-refractivity contribution in [3.8, 4) is 11.5 Å². The van der Waals surface area contributed by atoms with Crippen LogP contribution in [-0.2, 0) is 11.2 Å². The number of Topliss-reactive ketones (excluding diaryl/α,β-unsaturated/α-hetero) is 1. The van der Waals surface area contributed by atoms with Gasteiger partial charge in [0.15, 0.2) is 17.3 Å². The summed E-state index contributed by atoms with van der Waals surface area (Å²) in [7, 11) is 2.91. The second kappa shape index (κ2) is 7.57. The maximum atomic E-state index is 12.8. The van der Waals surface area contributed by atoms with Crippen LogP contribution in [0.15, 0.2) is 36.4 Å². The lowest BCUT2D eigenvalue weighted by Crippen LogP contribution is -2.09. The van der Waals surface area contributed by atoms with Gasteiger partial charge in [-0.25, -0.2) is 0 Å². The zero-order chi connectivity index (χ0) is 18.6. The Morgan fingerprint density at radius 2 is 1.60 bits per heavy atom. The molecule has 0 saturated heterocycles. The van der Waals surface area contributed by atoms with E-state index in [2.05, 4.69) is 0 Å². The number of hydrogen-bond donors (Lipinski definition) is 0. The molecule has 7 heteroatoms. The molecule has 0 aliphatic rings. The van der Waals surface area contributed by atoms with Crippen LogP contribution in [0.1, 0.15) is 28.4 Å². The molecule has 0 heterocycles. The van der Waals surface area contributed by atoms with Gasteiger partial charge < -0.3 is 9.47 Å². The minimum atomic E-state index is -0.536. The monoisotopic (exact) mass is 343 g/mol. The number of nitro groups is 1. The number of rotatable bonds is 7. The molecule has 0 radical (unpaired) electrons. The van der Waals surface area contributed by atoms with Crippen molar-refractivity contribution in [3.63, 3.8) is 0 Å². The van der Waals surface area contributed by atoms with Crippen molar-refractivity contribution in [1.29, 1.82) is 0 Å². The summed E-state index contributed by atoms with van der Waals surface area (Å²) >= 11 is 0. The number of non-ortho nitro benzene ring substituents is 1. The van der Waals surface area contributed by atoms with Gasteiger partial charge in [0.2, 0.25) is 0 Å². The van der Waals surface area contributed by atoms with Crippen LogP contribution in [0.3, 0.4) is 0 Å². The lowest BCUT2D eigenvalue weighted by Gasteiger charge is -2.14. The van der Waals surface area contributed by atoms with Gasteiger partial charge in [-0.2, -0.15) is 0 Å². The van der Waals surface area contributed by atoms with Crippen LogP contribution in [0.4, 0.5) is 5.69 Å². The molecule has 25 heavy (non-hydrogen) atoms. The second-order valence-corrected chi connectivity index (χ2v) is 5.38. The average Bonchev–Trinajstić information content (AvgIpc) is 2.60. The van der Waals surface area contributed by atoms with Gasteiger partial charge in [-0.1, -0.05) is 0 Å². The van der Waals surface area contributed by atoms with Gasteiger partial charge in [-0.15, -0.1) is 0 Å². The van der Waals surface area contributed by atoms with Crippen molar-refractivity contribution < 1.29 is 24.0 Å². The molecule has 0 bridgehead atoms. The van der Waals surface area contributed by atoms with E-state index in [1.54, 1.807) is 6.07 Å². The highest BCUT2D eigenvalue weighted by molar-refractivity contribution is 6.11. The first-order chi connectivity index (χ1) is 11.9. The van der Waals surface area contributed by atoms with Crippen LogP contribution in [-0.4, -0.2) is 30.7 Å². The van der Waals surface area contributed by atoms with Crippen LogP contribution in [0.2, 0.25) is 0 Å². The molecule has 2 aromatic carbocycles. The summed E-state index contributed by atoms with van der Waals surface area (Å²) in [5, 5.41) is 10.7. The fraction of sp³-hybridized carbons (Fsp3) is 0.222. The van der Waals surface area contributed by atoms with E-state index in [9.17, 15) is 19.7 Å². The third kappa shape index (κ3) is 4.00. The predicted molar refractivity (Wildman–Crippen MR) is 90.5 cm³/mol. The molecule has 0 spiro atoms. The van der Waals surface area contributed by atoms with Crippen LogP contribution >= 0.6 is 0 Å². The Kier molecular flexibility index (Phi) is 5.49. The summed E-state index contributed by atoms with van der Waals surface area (Å²) in [5.41, 5.74) is 0.977. The van der Waals surface area contributed by atoms with Crippen LogP contribution < -0.4 is 9.47 Å². The maximum absolute atomic E-state index is 12.8. The van der Waals surface area contributed by atoms with Gasteiger partial charge in [0, 0.05) is 29.7 Å². The average molecular weight is 343 g/mol. The smallest absolute Gasteiger partial charge is 0.269 e. The zero-order valence-corrected chi connectivity index (χ0v) is 14.1. The molecule has 0 amide bonds. The number of benzene rings is 2. The molecule has 7 nitrogen and oxygen atoms in total. The normalized spacial score (nSPS) is 10.2. The molecule has 0 fully saturated rings. The Hall–Kier alpha value is -3.22. The van der Waals surface area contributed by atoms with Gasteiger partial charge >= 0.3 is 0 Å². The Bertz CT molecular complexity index is 826. The summed E-state index contributed by atoms with van der Waals surface area (Å²) in [5.74, 6) is 0.316. The molecule has 0 atom stereocenters. The minimum absolute atomic E-state index is 0.0639. The summed E-state index contributed by atoms with van der Waals surface area (Å²) in [6, 6.07) is 8.40. The molecular formula is C18H17NO6. The Balaban J connectivity index is 2.52. The van der Waals surface area contributed by atoms with Crippen molar-refractivity contribution in [2.24, 2.45) is 0 Å². The van der Waals surface area contributed by atoms with Gasteiger partial charge in [0.1, 0.15) is 5.78 Å². The van der Waals surface area contributed by atoms with E-state index in [0.717, 1.165) is 0 Å². The zero-order valence-electron chi connectivity index (χ0n) is 14.1. The first-order valence-corrected chi connectivity index (χ1v) is 7.40. The number of methoxy groups -OCH3 is 2. The standard InChI is InChI=1S/C18H17NO6/c1-11(20)8-13-9-16(24-2)17(25-3)10-15(13)18(21)12-4-6-14(7-5-12)19(22)23/h4-7,9-10H,8H2,1-3H3. The van der Waals surface area contributed by atoms with E-state index in [1.165, 1.54) is 51.5 Å². The summed E-state index contributed by atoms with van der Waals surface area (Å²) in [6.45, 7) is 1.43. The molecule has 0 aliphatic carbocycles. The quantitative estimate of drug-likeness (QED) is 0.436. The number of carbonyl (C=O) groups excluding carboxylic acids is 2. The van der Waals surface area contributed by atoms with Crippen LogP contribution in [0.25, 0.3) is 0 Å². The van der Waals surface area contributed by atoms with E-state index >= 15 is 0 Å². The SMILES string of the molecule is COc1cc(CC(C)=O)c(C(=O)c2ccc([N+](=O)[O-])cc2)cc1OC. The first-order valence-electron chi connectivity index (χ1n) is 7.40. The predicted octanol–water partition coefficient (Wildman–Crippen LogP) is 2.97. The van der Waals surface area contributed by atoms with E-state index in [-0.39, 0.29) is 29.2 Å². The molecular weight excluding hydrogens is 326 g/mol. The molecule has 2 rings (SSSR count). The molecule has 0 unspecified atom stereocenters. The van der Waals surface area contributed by atoms with Crippen LogP contribution in [0, 0.1) is 10.1 Å². The third-order valence-electron chi connectivity index (χ3n) is 3.63. The van der Waals surface area contributed by atoms with Crippen LogP contribution in [0.5, 0.6) is 11.5 Å². The summed E-state index contributed by atoms with van der Waals surface area (Å²) < 4.78 is 10.4. The third-order valence-corrected chi connectivity index (χ3v) is 3.63. The molecule has 0 saturated carbocycles. The number of carbonyl (C=O) groups is 2. The number of ether oxygens (including phenoxy) is 2. The van der Waals surface area contributed by atoms with E-state index < -0.39 is 4.92 Å². The molecule has 0 aliphatic heterocycles. The van der Waals surface area contributed by atoms with Gasteiger partial charge in [0.25, 0.3) is 5.69 Å². The van der Waals surface area contributed by atoms with Crippen molar-refractivity contribution in [2.45, 2.75) is 13.3 Å². The van der Waals surface area contributed by atoms with Crippen molar-refractivity contribution in [1.82, 2.24) is 0 Å². The number of nitro benzene ring substituents is 1. The van der Waals surface area contributed by atoms with E-state index in [0.29, 0.717) is 22.6 Å². The highest BCUT2D eigenvalue weighted by Gasteiger charge is 2.20. The largest absolute Gasteiger partial charge is 0.493 e. The molecule has 130 valence electrons. The second-order valence-electron chi connectivity index (χ2n) is 5.38.